The van der Waals surface area contributed by atoms with Crippen LogP contribution in [0.1, 0.15) is 23.0 Å². The molecule has 1 amide bonds. The number of alkyl halides is 3. The SMILES string of the molecule is CC(NC(=O)c1cn2c(N)cnc2cn1)C1=NCC(Nc2ccc(C(F)(F)F)cc2)S1. The maximum Gasteiger partial charge on any atom is 0.416 e. The Balaban J connectivity index is 1.34. The van der Waals surface area contributed by atoms with Crippen molar-refractivity contribution in [3.05, 3.63) is 54.1 Å². The molecule has 4 rings (SSSR count). The Morgan fingerprint density at radius 1 is 1.26 bits per heavy atom. The van der Waals surface area contributed by atoms with Crippen molar-refractivity contribution in [1.29, 1.82) is 0 Å². The van der Waals surface area contributed by atoms with Crippen LogP contribution in [-0.2, 0) is 6.18 Å². The lowest BCUT2D eigenvalue weighted by atomic mass is 10.2. The van der Waals surface area contributed by atoms with Gasteiger partial charge in [0.2, 0.25) is 0 Å². The Kier molecular flexibility index (Phi) is 5.48. The minimum absolute atomic E-state index is 0.147. The van der Waals surface area contributed by atoms with Crippen LogP contribution in [-0.4, -0.2) is 43.3 Å². The molecule has 0 saturated carbocycles. The zero-order valence-electron chi connectivity index (χ0n) is 16.2. The first kappa shape index (κ1) is 21.0. The molecule has 2 unspecified atom stereocenters. The third-order valence-corrected chi connectivity index (χ3v) is 5.87. The second-order valence-corrected chi connectivity index (χ2v) is 8.11. The first-order valence-electron chi connectivity index (χ1n) is 9.25. The van der Waals surface area contributed by atoms with E-state index in [0.717, 1.165) is 12.1 Å². The highest BCUT2D eigenvalue weighted by Crippen LogP contribution is 2.31. The number of carbonyl (C=O) groups excluding carboxylic acids is 1. The minimum atomic E-state index is -4.37. The van der Waals surface area contributed by atoms with Crippen LogP contribution in [0.2, 0.25) is 0 Å². The van der Waals surface area contributed by atoms with E-state index in [1.54, 1.807) is 11.3 Å². The molecule has 1 aliphatic heterocycles. The molecule has 3 aromatic rings. The van der Waals surface area contributed by atoms with Gasteiger partial charge in [0.1, 0.15) is 11.5 Å². The predicted molar refractivity (Wildman–Crippen MR) is 113 cm³/mol. The average Bonchev–Trinajstić information content (AvgIpc) is 3.34. The number of hydrogen-bond donors (Lipinski definition) is 3. The lowest BCUT2D eigenvalue weighted by Gasteiger charge is -2.16. The summed E-state index contributed by atoms with van der Waals surface area (Å²) in [7, 11) is 0. The van der Waals surface area contributed by atoms with Gasteiger partial charge in [-0.1, -0.05) is 11.8 Å². The fourth-order valence-corrected chi connectivity index (χ4v) is 4.05. The lowest BCUT2D eigenvalue weighted by Crippen LogP contribution is -2.37. The Hall–Kier alpha value is -3.28. The van der Waals surface area contributed by atoms with E-state index in [-0.39, 0.29) is 23.0 Å². The van der Waals surface area contributed by atoms with Crippen LogP contribution in [0.25, 0.3) is 5.65 Å². The topological polar surface area (TPSA) is 110 Å². The number of thioether (sulfide) groups is 1. The minimum Gasteiger partial charge on any atom is -0.383 e. The standard InChI is InChI=1S/C19H18F3N7OS/c1-10(27-17(30)13-9-29-14(23)6-25-15(29)7-24-13)18-26-8-16(31-18)28-12-4-2-11(3-5-12)19(20,21)22/h2-7,9-10,16,28H,8,23H2,1H3,(H,27,30). The Morgan fingerprint density at radius 3 is 2.71 bits per heavy atom. The van der Waals surface area contributed by atoms with Gasteiger partial charge < -0.3 is 16.4 Å². The first-order chi connectivity index (χ1) is 14.7. The van der Waals surface area contributed by atoms with Gasteiger partial charge >= 0.3 is 6.18 Å². The molecule has 162 valence electrons. The molecule has 1 aliphatic rings. The van der Waals surface area contributed by atoms with E-state index >= 15 is 0 Å². The van der Waals surface area contributed by atoms with Gasteiger partial charge in [-0.05, 0) is 31.2 Å². The van der Waals surface area contributed by atoms with Gasteiger partial charge in [-0.15, -0.1) is 0 Å². The number of fused-ring (bicyclic) bond motifs is 1. The Labute approximate surface area is 179 Å². The maximum absolute atomic E-state index is 12.7. The van der Waals surface area contributed by atoms with Crippen LogP contribution in [0.3, 0.4) is 0 Å². The molecule has 0 fully saturated rings. The monoisotopic (exact) mass is 449 g/mol. The molecular weight excluding hydrogens is 431 g/mol. The number of aromatic nitrogens is 3. The van der Waals surface area contributed by atoms with Crippen molar-refractivity contribution < 1.29 is 18.0 Å². The molecule has 8 nitrogen and oxygen atoms in total. The third-order valence-electron chi connectivity index (χ3n) is 4.59. The number of benzene rings is 1. The van der Waals surface area contributed by atoms with Crippen molar-refractivity contribution in [2.45, 2.75) is 24.5 Å². The number of anilines is 2. The largest absolute Gasteiger partial charge is 0.416 e. The number of hydrogen-bond acceptors (Lipinski definition) is 7. The summed E-state index contributed by atoms with van der Waals surface area (Å²) >= 11 is 1.41. The van der Waals surface area contributed by atoms with Crippen molar-refractivity contribution in [3.63, 3.8) is 0 Å². The number of nitrogens with two attached hydrogens (primary N) is 1. The molecule has 2 aromatic heterocycles. The van der Waals surface area contributed by atoms with Gasteiger partial charge in [0, 0.05) is 11.9 Å². The molecule has 1 aromatic carbocycles. The summed E-state index contributed by atoms with van der Waals surface area (Å²) in [5.74, 6) is 0.0114. The second kappa shape index (κ2) is 8.10. The number of aliphatic imine (C=N–C) groups is 1. The van der Waals surface area contributed by atoms with E-state index in [9.17, 15) is 18.0 Å². The van der Waals surface area contributed by atoms with Gasteiger partial charge in [-0.2, -0.15) is 13.2 Å². The van der Waals surface area contributed by atoms with Gasteiger partial charge in [-0.3, -0.25) is 14.2 Å². The normalized spacial score (nSPS) is 17.4. The second-order valence-electron chi connectivity index (χ2n) is 6.88. The van der Waals surface area contributed by atoms with Crippen molar-refractivity contribution in [3.8, 4) is 0 Å². The molecule has 2 atom stereocenters. The zero-order chi connectivity index (χ0) is 22.2. The Morgan fingerprint density at radius 2 is 2.00 bits per heavy atom. The molecule has 3 heterocycles. The number of amides is 1. The molecule has 0 bridgehead atoms. The van der Waals surface area contributed by atoms with Crippen molar-refractivity contribution in [2.75, 3.05) is 17.6 Å². The highest BCUT2D eigenvalue weighted by molar-refractivity contribution is 8.15. The summed E-state index contributed by atoms with van der Waals surface area (Å²) in [5, 5.41) is 6.55. The number of nitrogen functional groups attached to an aromatic ring is 1. The van der Waals surface area contributed by atoms with E-state index in [4.69, 9.17) is 5.73 Å². The molecule has 0 aliphatic carbocycles. The lowest BCUT2D eigenvalue weighted by molar-refractivity contribution is -0.137. The summed E-state index contributed by atoms with van der Waals surface area (Å²) in [5.41, 5.74) is 6.40. The van der Waals surface area contributed by atoms with Crippen LogP contribution in [0, 0.1) is 0 Å². The van der Waals surface area contributed by atoms with Crippen LogP contribution >= 0.6 is 11.8 Å². The number of imidazole rings is 1. The zero-order valence-corrected chi connectivity index (χ0v) is 17.0. The van der Waals surface area contributed by atoms with E-state index < -0.39 is 11.7 Å². The van der Waals surface area contributed by atoms with Crippen LogP contribution in [0.4, 0.5) is 24.7 Å². The average molecular weight is 449 g/mol. The predicted octanol–water partition coefficient (Wildman–Crippen LogP) is 3.03. The number of nitrogens with one attached hydrogen (secondary N) is 2. The highest BCUT2D eigenvalue weighted by Gasteiger charge is 2.30. The van der Waals surface area contributed by atoms with Gasteiger partial charge in [0.25, 0.3) is 5.91 Å². The van der Waals surface area contributed by atoms with E-state index in [2.05, 4.69) is 25.6 Å². The first-order valence-corrected chi connectivity index (χ1v) is 10.1. The number of halogens is 3. The fourth-order valence-electron chi connectivity index (χ4n) is 3.01. The Bertz CT molecular complexity index is 1140. The molecule has 4 N–H and O–H groups in total. The van der Waals surface area contributed by atoms with E-state index in [0.29, 0.717) is 28.7 Å². The third kappa shape index (κ3) is 4.58. The maximum atomic E-state index is 12.7. The van der Waals surface area contributed by atoms with Crippen molar-refractivity contribution in [1.82, 2.24) is 19.7 Å². The number of nitrogens with zero attached hydrogens (tertiary/aromatic N) is 4. The van der Waals surface area contributed by atoms with Crippen molar-refractivity contribution >= 4 is 39.9 Å². The van der Waals surface area contributed by atoms with E-state index in [1.165, 1.54) is 42.5 Å². The summed E-state index contributed by atoms with van der Waals surface area (Å²) in [4.78, 5) is 25.2. The molecular formula is C19H18F3N7OS. The molecule has 0 radical (unpaired) electrons. The molecule has 0 saturated heterocycles. The molecule has 31 heavy (non-hydrogen) atoms. The van der Waals surface area contributed by atoms with Gasteiger partial charge in [-0.25, -0.2) is 9.97 Å². The fraction of sp³-hybridized carbons (Fsp3) is 0.263. The summed E-state index contributed by atoms with van der Waals surface area (Å²) < 4.78 is 39.6. The summed E-state index contributed by atoms with van der Waals surface area (Å²) in [6.07, 6.45) is 0.0859. The van der Waals surface area contributed by atoms with Gasteiger partial charge in [0.05, 0.1) is 41.0 Å². The summed E-state index contributed by atoms with van der Waals surface area (Å²) in [6.45, 7) is 2.23. The van der Waals surface area contributed by atoms with Crippen LogP contribution < -0.4 is 16.4 Å². The van der Waals surface area contributed by atoms with Crippen molar-refractivity contribution in [2.24, 2.45) is 4.99 Å². The van der Waals surface area contributed by atoms with Gasteiger partial charge in [0.15, 0.2) is 5.65 Å². The van der Waals surface area contributed by atoms with Crippen LogP contribution in [0.15, 0.2) is 47.8 Å². The molecule has 12 heteroatoms. The van der Waals surface area contributed by atoms with E-state index in [1.807, 2.05) is 0 Å². The smallest absolute Gasteiger partial charge is 0.383 e. The molecule has 0 spiro atoms. The number of carbonyl (C=O) groups is 1. The summed E-state index contributed by atoms with van der Waals surface area (Å²) in [6, 6.07) is 4.47. The highest BCUT2D eigenvalue weighted by atomic mass is 32.2. The van der Waals surface area contributed by atoms with Crippen LogP contribution in [0.5, 0.6) is 0 Å². The quantitative estimate of drug-likeness (QED) is 0.552. The number of rotatable bonds is 5.